The van der Waals surface area contributed by atoms with Gasteiger partial charge < -0.3 is 48.1 Å². The molecule has 0 fully saturated rings. The van der Waals surface area contributed by atoms with Crippen molar-refractivity contribution in [2.45, 2.75) is 102 Å². The van der Waals surface area contributed by atoms with Gasteiger partial charge in [-0.05, 0) is 43.6 Å². The standard InChI is InChI=1S/C31H51N7O8/c1-4-5-13-22(36-27(42)21(32)12-9-14-35-31(33)34)28(43)37-23(17-25(40)41)29(44)38-26(18(2)3)24(39)16-20(30(45)46)15-19-10-7-6-8-11-19/h6-8,10-11,18,20-24,26,39H,4-5,9,12-17,32H2,1-3H3,(H,36,42)(H,37,43)(H,38,44)(H,40,41)(H,45,46)(H4,33,34,35)/t20?,21-,22-,23-,24?,26?/m0/s1. The van der Waals surface area contributed by atoms with Crippen LogP contribution in [0.15, 0.2) is 30.3 Å². The van der Waals surface area contributed by atoms with Crippen molar-refractivity contribution >= 4 is 35.6 Å². The Hall–Kier alpha value is -4.24. The van der Waals surface area contributed by atoms with Crippen LogP contribution in [0.5, 0.6) is 0 Å². The van der Waals surface area contributed by atoms with Crippen LogP contribution in [0.25, 0.3) is 0 Å². The van der Waals surface area contributed by atoms with Crippen molar-refractivity contribution in [3.63, 3.8) is 0 Å². The zero-order valence-electron chi connectivity index (χ0n) is 26.8. The molecule has 0 heterocycles. The number of carbonyl (C=O) groups excluding carboxylic acids is 3. The van der Waals surface area contributed by atoms with Gasteiger partial charge in [0.2, 0.25) is 17.7 Å². The van der Waals surface area contributed by atoms with Crippen LogP contribution >= 0.6 is 0 Å². The summed E-state index contributed by atoms with van der Waals surface area (Å²) >= 11 is 0. The van der Waals surface area contributed by atoms with E-state index in [1.54, 1.807) is 44.2 Å². The van der Waals surface area contributed by atoms with E-state index in [9.17, 15) is 39.3 Å². The van der Waals surface area contributed by atoms with Gasteiger partial charge in [-0.25, -0.2) is 0 Å². The Morgan fingerprint density at radius 2 is 1.50 bits per heavy atom. The normalized spacial score (nSPS) is 15.0. The van der Waals surface area contributed by atoms with E-state index in [1.807, 2.05) is 6.92 Å². The highest BCUT2D eigenvalue weighted by Crippen LogP contribution is 2.20. The lowest BCUT2D eigenvalue weighted by atomic mass is 9.87. The van der Waals surface area contributed by atoms with E-state index in [-0.39, 0.29) is 37.6 Å². The predicted octanol–water partition coefficient (Wildman–Crippen LogP) is 0.0468. The van der Waals surface area contributed by atoms with Gasteiger partial charge in [0.05, 0.1) is 30.5 Å². The number of aliphatic carboxylic acids is 2. The number of hydrogen-bond acceptors (Lipinski definition) is 8. The van der Waals surface area contributed by atoms with Crippen molar-refractivity contribution in [2.24, 2.45) is 23.3 Å². The zero-order valence-corrected chi connectivity index (χ0v) is 26.8. The van der Waals surface area contributed by atoms with Crippen molar-refractivity contribution in [1.29, 1.82) is 5.41 Å². The minimum atomic E-state index is -1.55. The van der Waals surface area contributed by atoms with E-state index < -0.39 is 72.3 Å². The van der Waals surface area contributed by atoms with Crippen LogP contribution < -0.4 is 32.7 Å². The van der Waals surface area contributed by atoms with Gasteiger partial charge in [-0.3, -0.25) is 29.4 Å². The topological polar surface area (TPSA) is 270 Å². The van der Waals surface area contributed by atoms with Crippen molar-refractivity contribution in [3.8, 4) is 0 Å². The molecule has 46 heavy (non-hydrogen) atoms. The third kappa shape index (κ3) is 15.2. The molecule has 0 radical (unpaired) electrons. The van der Waals surface area contributed by atoms with Crippen LogP contribution in [0, 0.1) is 17.2 Å². The second-order valence-electron chi connectivity index (χ2n) is 11.8. The minimum absolute atomic E-state index is 0.160. The maximum absolute atomic E-state index is 13.4. The number of amides is 3. The van der Waals surface area contributed by atoms with Crippen molar-refractivity contribution in [1.82, 2.24) is 21.3 Å². The fraction of sp³-hybridized carbons (Fsp3) is 0.613. The van der Waals surface area contributed by atoms with Crippen molar-refractivity contribution < 1.29 is 39.3 Å². The van der Waals surface area contributed by atoms with E-state index in [4.69, 9.17) is 16.9 Å². The number of aliphatic hydroxyl groups excluding tert-OH is 1. The molecule has 0 aliphatic carbocycles. The number of aliphatic hydroxyl groups is 1. The molecule has 0 bridgehead atoms. The number of carboxylic acid groups (broad SMARTS) is 2. The van der Waals surface area contributed by atoms with Gasteiger partial charge in [0.15, 0.2) is 5.96 Å². The maximum Gasteiger partial charge on any atom is 0.306 e. The predicted molar refractivity (Wildman–Crippen MR) is 171 cm³/mol. The van der Waals surface area contributed by atoms with Gasteiger partial charge in [0, 0.05) is 6.54 Å². The third-order valence-corrected chi connectivity index (χ3v) is 7.48. The van der Waals surface area contributed by atoms with Gasteiger partial charge in [0.25, 0.3) is 0 Å². The van der Waals surface area contributed by atoms with Gasteiger partial charge in [-0.2, -0.15) is 0 Å². The van der Waals surface area contributed by atoms with Crippen molar-refractivity contribution in [3.05, 3.63) is 35.9 Å². The van der Waals surface area contributed by atoms with E-state index >= 15 is 0 Å². The van der Waals surface area contributed by atoms with Crippen molar-refractivity contribution in [2.75, 3.05) is 6.54 Å². The number of benzene rings is 1. The highest BCUT2D eigenvalue weighted by molar-refractivity contribution is 5.94. The number of unbranched alkanes of at least 4 members (excludes halogenated alkanes) is 1. The average molecular weight is 650 g/mol. The maximum atomic E-state index is 13.4. The number of hydrogen-bond donors (Lipinski definition) is 10. The molecule has 1 aromatic carbocycles. The molecule has 1 aromatic rings. The Morgan fingerprint density at radius 3 is 2.04 bits per heavy atom. The van der Waals surface area contributed by atoms with Crippen LogP contribution in [0.2, 0.25) is 0 Å². The zero-order chi connectivity index (χ0) is 34.8. The molecule has 0 spiro atoms. The van der Waals surface area contributed by atoms with E-state index in [0.29, 0.717) is 25.8 Å². The Balaban J connectivity index is 3.01. The molecular formula is C31H51N7O8. The highest BCUT2D eigenvalue weighted by Gasteiger charge is 2.34. The largest absolute Gasteiger partial charge is 0.481 e. The molecule has 0 saturated carbocycles. The van der Waals surface area contributed by atoms with E-state index in [1.165, 1.54) is 0 Å². The number of nitrogens with one attached hydrogen (secondary N) is 5. The average Bonchev–Trinajstić information content (AvgIpc) is 2.98. The summed E-state index contributed by atoms with van der Waals surface area (Å²) < 4.78 is 0. The molecule has 15 heteroatoms. The summed E-state index contributed by atoms with van der Waals surface area (Å²) in [5.41, 5.74) is 12.0. The van der Waals surface area contributed by atoms with Crippen LogP contribution in [0.1, 0.15) is 71.3 Å². The molecule has 1 rings (SSSR count). The fourth-order valence-corrected chi connectivity index (χ4v) is 4.87. The Labute approximate surface area is 269 Å². The molecular weight excluding hydrogens is 598 g/mol. The molecule has 3 unspecified atom stereocenters. The summed E-state index contributed by atoms with van der Waals surface area (Å²) in [5, 5.41) is 47.7. The monoisotopic (exact) mass is 649 g/mol. The molecule has 6 atom stereocenters. The summed E-state index contributed by atoms with van der Waals surface area (Å²) in [5.74, 6) is -6.28. The first-order chi connectivity index (χ1) is 21.7. The molecule has 0 aromatic heterocycles. The lowest BCUT2D eigenvalue weighted by Crippen LogP contribution is -2.58. The molecule has 258 valence electrons. The first-order valence-electron chi connectivity index (χ1n) is 15.6. The van der Waals surface area contributed by atoms with E-state index in [0.717, 1.165) is 5.56 Å². The molecule has 12 N–H and O–H groups in total. The lowest BCUT2D eigenvalue weighted by Gasteiger charge is -2.31. The summed E-state index contributed by atoms with van der Waals surface area (Å²) in [6, 6.07) is 4.35. The van der Waals surface area contributed by atoms with Crippen LogP contribution in [-0.2, 0) is 30.4 Å². The lowest BCUT2D eigenvalue weighted by molar-refractivity contribution is -0.144. The number of rotatable bonds is 22. The quantitative estimate of drug-likeness (QED) is 0.0455. The third-order valence-electron chi connectivity index (χ3n) is 7.48. The van der Waals surface area contributed by atoms with Gasteiger partial charge in [-0.15, -0.1) is 0 Å². The molecule has 0 aliphatic rings. The highest BCUT2D eigenvalue weighted by atomic mass is 16.4. The van der Waals surface area contributed by atoms with Crippen LogP contribution in [0.3, 0.4) is 0 Å². The molecule has 3 amide bonds. The summed E-state index contributed by atoms with van der Waals surface area (Å²) in [7, 11) is 0. The Bertz CT molecular complexity index is 1150. The molecule has 0 aliphatic heterocycles. The Morgan fingerprint density at radius 1 is 0.891 bits per heavy atom. The fourth-order valence-electron chi connectivity index (χ4n) is 4.87. The first-order valence-corrected chi connectivity index (χ1v) is 15.6. The van der Waals surface area contributed by atoms with Gasteiger partial charge in [-0.1, -0.05) is 63.9 Å². The SMILES string of the molecule is CCCC[C@H](NC(=O)[C@@H](N)CCCNC(=N)N)C(=O)N[C@@H](CC(=O)O)C(=O)NC(C(C)C)C(O)CC(Cc1ccccc1)C(=O)O. The first kappa shape index (κ1) is 39.8. The number of nitrogens with two attached hydrogens (primary N) is 2. The second kappa shape index (κ2) is 20.7. The van der Waals surface area contributed by atoms with Crippen LogP contribution in [-0.4, -0.2) is 87.8 Å². The smallest absolute Gasteiger partial charge is 0.306 e. The summed E-state index contributed by atoms with van der Waals surface area (Å²) in [6.07, 6.45) is 0.0271. The van der Waals surface area contributed by atoms with Crippen LogP contribution in [0.4, 0.5) is 0 Å². The minimum Gasteiger partial charge on any atom is -0.481 e. The van der Waals surface area contributed by atoms with Gasteiger partial charge in [0.1, 0.15) is 12.1 Å². The molecule has 15 nitrogen and oxygen atoms in total. The number of carboxylic acids is 2. The Kier molecular flexibility index (Phi) is 17.9. The van der Waals surface area contributed by atoms with Gasteiger partial charge >= 0.3 is 11.9 Å². The summed E-state index contributed by atoms with van der Waals surface area (Å²) in [6.45, 7) is 5.64. The summed E-state index contributed by atoms with van der Waals surface area (Å²) in [4.78, 5) is 63.0. The second-order valence-corrected chi connectivity index (χ2v) is 11.8. The number of carbonyl (C=O) groups is 5. The number of guanidine groups is 1. The molecule has 0 saturated heterocycles. The van der Waals surface area contributed by atoms with E-state index in [2.05, 4.69) is 21.3 Å².